The molecule has 0 N–H and O–H groups in total. The highest BCUT2D eigenvalue weighted by Crippen LogP contribution is 2.41. The van der Waals surface area contributed by atoms with Crippen LogP contribution in [0.4, 0.5) is 0 Å². The number of nitrogens with zero attached hydrogens (tertiary/aromatic N) is 2. The molecule has 0 aliphatic heterocycles. The lowest BCUT2D eigenvalue weighted by Crippen LogP contribution is -2.37. The Morgan fingerprint density at radius 3 is 1.52 bits per heavy atom. The van der Waals surface area contributed by atoms with Crippen LogP contribution in [0.3, 0.4) is 0 Å². The Morgan fingerprint density at radius 2 is 1.14 bits per heavy atom. The van der Waals surface area contributed by atoms with Crippen molar-refractivity contribution in [2.24, 2.45) is 0 Å². The highest BCUT2D eigenvalue weighted by Gasteiger charge is 2.39. The highest BCUT2D eigenvalue weighted by molar-refractivity contribution is 5.66. The van der Waals surface area contributed by atoms with Gasteiger partial charge in [0.2, 0.25) is 0 Å². The van der Waals surface area contributed by atoms with Gasteiger partial charge in [-0.05, 0) is 30.5 Å². The third kappa shape index (κ3) is 3.19. The van der Waals surface area contributed by atoms with Gasteiger partial charge in [-0.25, -0.2) is 4.98 Å². The minimum Gasteiger partial charge on any atom is -0.319 e. The van der Waals surface area contributed by atoms with Gasteiger partial charge in [0, 0.05) is 6.20 Å². The van der Waals surface area contributed by atoms with Gasteiger partial charge in [0.1, 0.15) is 11.8 Å². The molecule has 3 heteroatoms. The molecule has 3 nitrogen and oxygen atoms in total. The first-order valence-corrected chi connectivity index (χ1v) is 9.77. The fourth-order valence-corrected chi connectivity index (χ4v) is 3.88. The summed E-state index contributed by atoms with van der Waals surface area (Å²) in [5.41, 5.74) is 2.88. The van der Waals surface area contributed by atoms with Gasteiger partial charge in [0.15, 0.2) is 0 Å². The standard InChI is InChI=1S/C26H24N2O/c1-25(2,19-29)24-18-28(20-27-24)26(21-12-6-3-7-13-21,22-14-8-4-9-15-22)23-16-10-5-11-17-23/h3-20H,1-2H3. The second-order valence-corrected chi connectivity index (χ2v) is 7.81. The minimum atomic E-state index is -0.652. The summed E-state index contributed by atoms with van der Waals surface area (Å²) >= 11 is 0. The van der Waals surface area contributed by atoms with Crippen molar-refractivity contribution < 1.29 is 4.79 Å². The van der Waals surface area contributed by atoms with Crippen LogP contribution in [-0.4, -0.2) is 15.8 Å². The molecular formula is C26H24N2O. The SMILES string of the molecule is CC(C)(C=O)c1cn(C(c2ccccc2)(c2ccccc2)c2ccccc2)cn1. The Balaban J connectivity index is 2.08. The van der Waals surface area contributed by atoms with Crippen molar-refractivity contribution in [2.45, 2.75) is 24.8 Å². The Kier molecular flexibility index (Phi) is 4.89. The third-order valence-electron chi connectivity index (χ3n) is 5.50. The first-order chi connectivity index (χ1) is 14.1. The molecule has 4 aromatic rings. The van der Waals surface area contributed by atoms with E-state index in [9.17, 15) is 4.79 Å². The number of rotatable bonds is 6. The number of imidazole rings is 1. The molecule has 0 aliphatic rings. The molecule has 0 amide bonds. The van der Waals surface area contributed by atoms with Gasteiger partial charge >= 0.3 is 0 Å². The van der Waals surface area contributed by atoms with Crippen LogP contribution in [0, 0.1) is 0 Å². The first-order valence-electron chi connectivity index (χ1n) is 9.77. The summed E-state index contributed by atoms with van der Waals surface area (Å²) in [6.45, 7) is 3.78. The van der Waals surface area contributed by atoms with Gasteiger partial charge in [0.25, 0.3) is 0 Å². The fourth-order valence-electron chi connectivity index (χ4n) is 3.88. The molecule has 0 aliphatic carbocycles. The van der Waals surface area contributed by atoms with Crippen molar-refractivity contribution in [3.63, 3.8) is 0 Å². The summed E-state index contributed by atoms with van der Waals surface area (Å²) in [7, 11) is 0. The quantitative estimate of drug-likeness (QED) is 0.340. The number of hydrogen-bond donors (Lipinski definition) is 0. The molecule has 0 unspecified atom stereocenters. The molecule has 144 valence electrons. The van der Waals surface area contributed by atoms with Gasteiger partial charge in [0.05, 0.1) is 17.4 Å². The topological polar surface area (TPSA) is 34.9 Å². The Hall–Kier alpha value is -3.46. The molecule has 0 spiro atoms. The van der Waals surface area contributed by atoms with Crippen LogP contribution in [-0.2, 0) is 15.7 Å². The van der Waals surface area contributed by atoms with Crippen LogP contribution >= 0.6 is 0 Å². The summed E-state index contributed by atoms with van der Waals surface area (Å²) in [4.78, 5) is 16.3. The maximum atomic E-state index is 11.6. The molecule has 1 aromatic heterocycles. The Bertz CT molecular complexity index is 987. The van der Waals surface area contributed by atoms with E-state index in [-0.39, 0.29) is 0 Å². The van der Waals surface area contributed by atoms with Crippen molar-refractivity contribution in [2.75, 3.05) is 0 Å². The fraction of sp³-hybridized carbons (Fsp3) is 0.154. The molecule has 29 heavy (non-hydrogen) atoms. The molecule has 0 atom stereocenters. The number of carbonyl (C=O) groups excluding carboxylic acids is 1. The maximum Gasteiger partial charge on any atom is 0.131 e. The molecule has 4 rings (SSSR count). The van der Waals surface area contributed by atoms with Crippen molar-refractivity contribution >= 4 is 6.29 Å². The molecule has 0 fully saturated rings. The average molecular weight is 380 g/mol. The monoisotopic (exact) mass is 380 g/mol. The van der Waals surface area contributed by atoms with Crippen LogP contribution in [0.1, 0.15) is 36.2 Å². The number of benzene rings is 3. The highest BCUT2D eigenvalue weighted by atomic mass is 16.1. The van der Waals surface area contributed by atoms with E-state index in [2.05, 4.69) is 82.3 Å². The van der Waals surface area contributed by atoms with E-state index in [1.54, 1.807) is 0 Å². The summed E-state index contributed by atoms with van der Waals surface area (Å²) < 4.78 is 2.13. The summed E-state index contributed by atoms with van der Waals surface area (Å²) in [6.07, 6.45) is 4.80. The number of aromatic nitrogens is 2. The maximum absolute atomic E-state index is 11.6. The molecule has 3 aromatic carbocycles. The lowest BCUT2D eigenvalue weighted by molar-refractivity contribution is -0.111. The van der Waals surface area contributed by atoms with E-state index in [0.29, 0.717) is 0 Å². The largest absolute Gasteiger partial charge is 0.319 e. The molecule has 0 radical (unpaired) electrons. The van der Waals surface area contributed by atoms with Crippen molar-refractivity contribution in [1.82, 2.24) is 9.55 Å². The van der Waals surface area contributed by atoms with E-state index in [4.69, 9.17) is 0 Å². The normalized spacial score (nSPS) is 11.9. The van der Waals surface area contributed by atoms with Gasteiger partial charge < -0.3 is 9.36 Å². The molecule has 0 saturated heterocycles. The number of aldehydes is 1. The smallest absolute Gasteiger partial charge is 0.131 e. The number of carbonyl (C=O) groups is 1. The lowest BCUT2D eigenvalue weighted by atomic mass is 9.76. The first kappa shape index (κ1) is 18.9. The summed E-state index contributed by atoms with van der Waals surface area (Å²) in [6, 6.07) is 31.3. The van der Waals surface area contributed by atoms with Gasteiger partial charge in [-0.3, -0.25) is 0 Å². The van der Waals surface area contributed by atoms with Crippen molar-refractivity contribution in [3.05, 3.63) is 126 Å². The average Bonchev–Trinajstić information content (AvgIpc) is 3.28. The van der Waals surface area contributed by atoms with E-state index >= 15 is 0 Å². The van der Waals surface area contributed by atoms with E-state index in [1.807, 2.05) is 44.6 Å². The number of hydrogen-bond acceptors (Lipinski definition) is 2. The lowest BCUT2D eigenvalue weighted by Gasteiger charge is -2.37. The van der Waals surface area contributed by atoms with Gasteiger partial charge in [-0.2, -0.15) is 0 Å². The van der Waals surface area contributed by atoms with Crippen LogP contribution in [0.25, 0.3) is 0 Å². The zero-order valence-electron chi connectivity index (χ0n) is 16.7. The predicted octanol–water partition coefficient (Wildman–Crippen LogP) is 5.20. The van der Waals surface area contributed by atoms with Crippen LogP contribution < -0.4 is 0 Å². The van der Waals surface area contributed by atoms with Crippen LogP contribution in [0.5, 0.6) is 0 Å². The zero-order valence-corrected chi connectivity index (χ0v) is 16.7. The Labute approximate surface area is 171 Å². The molecule has 1 heterocycles. The van der Waals surface area contributed by atoms with E-state index < -0.39 is 11.0 Å². The second-order valence-electron chi connectivity index (χ2n) is 7.81. The van der Waals surface area contributed by atoms with Gasteiger partial charge in [-0.1, -0.05) is 91.0 Å². The van der Waals surface area contributed by atoms with Crippen LogP contribution in [0.15, 0.2) is 104 Å². The van der Waals surface area contributed by atoms with Gasteiger partial charge in [-0.15, -0.1) is 0 Å². The van der Waals surface area contributed by atoms with E-state index in [1.165, 1.54) is 0 Å². The molecule has 0 bridgehead atoms. The zero-order chi connectivity index (χ0) is 20.3. The molecule has 0 saturated carbocycles. The van der Waals surface area contributed by atoms with Crippen molar-refractivity contribution in [3.8, 4) is 0 Å². The Morgan fingerprint density at radius 1 is 0.724 bits per heavy atom. The third-order valence-corrected chi connectivity index (χ3v) is 5.50. The molecular weight excluding hydrogens is 356 g/mol. The summed E-state index contributed by atoms with van der Waals surface area (Å²) in [5.74, 6) is 0. The minimum absolute atomic E-state index is 0.603. The predicted molar refractivity (Wildman–Crippen MR) is 116 cm³/mol. The second kappa shape index (κ2) is 7.51. The van der Waals surface area contributed by atoms with Crippen LogP contribution in [0.2, 0.25) is 0 Å². The summed E-state index contributed by atoms with van der Waals surface area (Å²) in [5, 5.41) is 0. The van der Waals surface area contributed by atoms with E-state index in [0.717, 1.165) is 28.7 Å². The van der Waals surface area contributed by atoms with Crippen molar-refractivity contribution in [1.29, 1.82) is 0 Å².